The molecule has 0 radical (unpaired) electrons. The highest BCUT2D eigenvalue weighted by Crippen LogP contribution is 2.77. The highest BCUT2D eigenvalue weighted by Gasteiger charge is 2.73. The summed E-state index contributed by atoms with van der Waals surface area (Å²) in [6, 6.07) is 0. The van der Waals surface area contributed by atoms with Crippen LogP contribution in [-0.4, -0.2) is 17.9 Å². The van der Waals surface area contributed by atoms with Crippen LogP contribution in [0.2, 0.25) is 0 Å². The lowest BCUT2D eigenvalue weighted by Gasteiger charge is -2.73. The third kappa shape index (κ3) is 2.77. The van der Waals surface area contributed by atoms with E-state index in [0.29, 0.717) is 16.7 Å². The van der Waals surface area contributed by atoms with Crippen molar-refractivity contribution in [3.05, 3.63) is 0 Å². The lowest BCUT2D eigenvalue weighted by atomic mass is 9.30. The molecule has 5 aliphatic rings. The van der Waals surface area contributed by atoms with E-state index >= 15 is 0 Å². The zero-order valence-corrected chi connectivity index (χ0v) is 22.2. The molecule has 9 atom stereocenters. The molecular formula is C30H46O3. The first-order chi connectivity index (χ1) is 15.2. The number of Topliss-reactive ketones (excluding diaryl/α,β-unsaturated/α-hetero) is 2. The Hall–Kier alpha value is -0.990. The predicted molar refractivity (Wildman–Crippen MR) is 131 cm³/mol. The Morgan fingerprint density at radius 3 is 2.09 bits per heavy atom. The van der Waals surface area contributed by atoms with Gasteiger partial charge in [-0.05, 0) is 96.7 Å². The Bertz CT molecular complexity index is 904. The molecule has 1 unspecified atom stereocenters. The molecule has 3 heteroatoms. The lowest BCUT2D eigenvalue weighted by molar-refractivity contribution is -0.245. The summed E-state index contributed by atoms with van der Waals surface area (Å²) in [4.78, 5) is 39.6. The van der Waals surface area contributed by atoms with E-state index in [1.807, 2.05) is 0 Å². The third-order valence-electron chi connectivity index (χ3n) is 13.2. The Balaban J connectivity index is 1.61. The summed E-state index contributed by atoms with van der Waals surface area (Å²) >= 11 is 0. The van der Waals surface area contributed by atoms with Gasteiger partial charge in [0, 0.05) is 17.3 Å². The molecule has 0 N–H and O–H groups in total. The zero-order valence-electron chi connectivity index (χ0n) is 22.2. The molecule has 0 amide bonds. The van der Waals surface area contributed by atoms with Crippen LogP contribution in [0.15, 0.2) is 0 Å². The van der Waals surface area contributed by atoms with Gasteiger partial charge in [0.15, 0.2) is 0 Å². The molecule has 0 aromatic heterocycles. The summed E-state index contributed by atoms with van der Waals surface area (Å²) in [6.45, 7) is 16.4. The molecule has 33 heavy (non-hydrogen) atoms. The normalized spacial score (nSPS) is 55.6. The van der Waals surface area contributed by atoms with E-state index in [1.54, 1.807) is 0 Å². The Morgan fingerprint density at radius 1 is 0.758 bits per heavy atom. The van der Waals surface area contributed by atoms with Gasteiger partial charge in [0.1, 0.15) is 17.9 Å². The van der Waals surface area contributed by atoms with Crippen molar-refractivity contribution >= 4 is 17.9 Å². The fourth-order valence-corrected chi connectivity index (χ4v) is 10.9. The van der Waals surface area contributed by atoms with Crippen molar-refractivity contribution in [3.8, 4) is 0 Å². The number of aldehydes is 1. The van der Waals surface area contributed by atoms with Crippen LogP contribution in [0.3, 0.4) is 0 Å². The minimum Gasteiger partial charge on any atom is -0.303 e. The smallest absolute Gasteiger partial charge is 0.144 e. The van der Waals surface area contributed by atoms with Gasteiger partial charge in [0.2, 0.25) is 0 Å². The Morgan fingerprint density at radius 2 is 1.42 bits per heavy atom. The van der Waals surface area contributed by atoms with E-state index in [0.717, 1.165) is 38.5 Å². The van der Waals surface area contributed by atoms with Crippen molar-refractivity contribution in [2.24, 2.45) is 56.2 Å². The summed E-state index contributed by atoms with van der Waals surface area (Å²) in [7, 11) is 0. The van der Waals surface area contributed by atoms with Gasteiger partial charge < -0.3 is 4.79 Å². The maximum atomic E-state index is 13.5. The van der Waals surface area contributed by atoms with Gasteiger partial charge >= 0.3 is 0 Å². The molecule has 0 bridgehead atoms. The van der Waals surface area contributed by atoms with E-state index in [-0.39, 0.29) is 57.4 Å². The third-order valence-corrected chi connectivity index (χ3v) is 13.2. The summed E-state index contributed by atoms with van der Waals surface area (Å²) in [6.07, 6.45) is 11.3. The van der Waals surface area contributed by atoms with Gasteiger partial charge in [-0.15, -0.1) is 0 Å². The molecule has 0 aromatic rings. The molecule has 0 spiro atoms. The number of hydrogen-bond donors (Lipinski definition) is 0. The number of fused-ring (bicyclic) bond motifs is 7. The lowest BCUT2D eigenvalue weighted by Crippen LogP contribution is -2.70. The van der Waals surface area contributed by atoms with Gasteiger partial charge in [-0.1, -0.05) is 48.5 Å². The van der Waals surface area contributed by atoms with E-state index in [9.17, 15) is 14.4 Å². The number of carbonyl (C=O) groups is 3. The van der Waals surface area contributed by atoms with Crippen molar-refractivity contribution in [1.82, 2.24) is 0 Å². The second-order valence-electron chi connectivity index (χ2n) is 15.0. The van der Waals surface area contributed by atoms with Crippen LogP contribution in [0.25, 0.3) is 0 Å². The van der Waals surface area contributed by atoms with Crippen LogP contribution in [0, 0.1) is 56.2 Å². The zero-order chi connectivity index (χ0) is 24.2. The van der Waals surface area contributed by atoms with Crippen LogP contribution in [0.5, 0.6) is 0 Å². The Labute approximate surface area is 201 Å². The summed E-state index contributed by atoms with van der Waals surface area (Å²) in [5, 5.41) is 0. The molecule has 0 aliphatic heterocycles. The average Bonchev–Trinajstić information content (AvgIpc) is 2.73. The number of ketones is 2. The molecule has 0 heterocycles. The van der Waals surface area contributed by atoms with Crippen LogP contribution in [0.1, 0.15) is 113 Å². The largest absolute Gasteiger partial charge is 0.303 e. The number of hydrogen-bond acceptors (Lipinski definition) is 3. The average molecular weight is 455 g/mol. The van der Waals surface area contributed by atoms with Gasteiger partial charge in [0.05, 0.1) is 6.42 Å². The highest BCUT2D eigenvalue weighted by atomic mass is 16.2. The van der Waals surface area contributed by atoms with Crippen molar-refractivity contribution in [1.29, 1.82) is 0 Å². The van der Waals surface area contributed by atoms with Crippen molar-refractivity contribution in [3.63, 3.8) is 0 Å². The quantitative estimate of drug-likeness (QED) is 0.323. The molecule has 5 aliphatic carbocycles. The molecular weight excluding hydrogens is 408 g/mol. The SMILES string of the molecule is C[C@H]1C(=O)CC(=O)C2[C@]1(C)CC[C@H]1[C@@]2(C)CC[C@@]2(C)[C@@H]3CC(C)(C)CC[C@]3(C)CC[C@]12C=O. The topological polar surface area (TPSA) is 51.2 Å². The minimum atomic E-state index is -0.343. The van der Waals surface area contributed by atoms with Gasteiger partial charge in [0.25, 0.3) is 0 Å². The maximum Gasteiger partial charge on any atom is 0.144 e. The summed E-state index contributed by atoms with van der Waals surface area (Å²) < 4.78 is 0. The van der Waals surface area contributed by atoms with E-state index in [4.69, 9.17) is 0 Å². The van der Waals surface area contributed by atoms with Gasteiger partial charge in [-0.3, -0.25) is 9.59 Å². The van der Waals surface area contributed by atoms with Gasteiger partial charge in [-0.2, -0.15) is 0 Å². The molecule has 0 aromatic carbocycles. The first kappa shape index (κ1) is 23.7. The first-order valence-corrected chi connectivity index (χ1v) is 13.7. The van der Waals surface area contributed by atoms with Crippen LogP contribution in [-0.2, 0) is 14.4 Å². The van der Waals surface area contributed by atoms with Crippen LogP contribution in [0.4, 0.5) is 0 Å². The van der Waals surface area contributed by atoms with E-state index in [2.05, 4.69) is 48.5 Å². The number of rotatable bonds is 1. The summed E-state index contributed by atoms with van der Waals surface area (Å²) in [5.74, 6) is 0.953. The summed E-state index contributed by atoms with van der Waals surface area (Å²) in [5.41, 5.74) is -0.126. The molecule has 0 saturated heterocycles. The van der Waals surface area contributed by atoms with Crippen LogP contribution < -0.4 is 0 Å². The molecule has 184 valence electrons. The second-order valence-corrected chi connectivity index (χ2v) is 15.0. The molecule has 3 nitrogen and oxygen atoms in total. The molecule has 5 fully saturated rings. The van der Waals surface area contributed by atoms with E-state index < -0.39 is 0 Å². The van der Waals surface area contributed by atoms with Crippen molar-refractivity contribution < 1.29 is 14.4 Å². The van der Waals surface area contributed by atoms with E-state index in [1.165, 1.54) is 25.5 Å². The predicted octanol–water partition coefficient (Wildman–Crippen LogP) is 6.82. The van der Waals surface area contributed by atoms with Crippen molar-refractivity contribution in [2.75, 3.05) is 0 Å². The molecule has 5 saturated carbocycles. The van der Waals surface area contributed by atoms with Crippen molar-refractivity contribution in [2.45, 2.75) is 113 Å². The fraction of sp³-hybridized carbons (Fsp3) is 0.900. The monoisotopic (exact) mass is 454 g/mol. The highest BCUT2D eigenvalue weighted by molar-refractivity contribution is 6.04. The maximum absolute atomic E-state index is 13.5. The second kappa shape index (κ2) is 6.82. The Kier molecular flexibility index (Phi) is 4.90. The molecule has 5 rings (SSSR count). The fourth-order valence-electron chi connectivity index (χ4n) is 10.9. The van der Waals surface area contributed by atoms with Crippen LogP contribution >= 0.6 is 0 Å². The number of carbonyl (C=O) groups excluding carboxylic acids is 3. The minimum absolute atomic E-state index is 0.00346. The first-order valence-electron chi connectivity index (χ1n) is 13.7. The van der Waals surface area contributed by atoms with Gasteiger partial charge in [-0.25, -0.2) is 0 Å². The standard InChI is InChI=1S/C30H46O3/c1-19-20(32)16-21(33)24-27(19,5)9-8-22-28(24,6)13-14-29(7)23-17-25(2,3)10-11-26(23,4)12-15-30(22,29)18-31/h18-19,22-24H,8-17H2,1-7H3/t19-,22-,23+,24?,26+,27+,28+,29-,30-/m0/s1.